The van der Waals surface area contributed by atoms with E-state index in [9.17, 15) is 4.79 Å². The molecule has 0 fully saturated rings. The first-order valence-electron chi connectivity index (χ1n) is 9.80. The van der Waals surface area contributed by atoms with Gasteiger partial charge in [0, 0.05) is 17.5 Å². The molecule has 1 amide bonds. The minimum atomic E-state index is -0.867. The number of para-hydroxylation sites is 1. The van der Waals surface area contributed by atoms with Crippen molar-refractivity contribution < 1.29 is 19.0 Å². The molecule has 1 aliphatic rings. The zero-order valence-corrected chi connectivity index (χ0v) is 19.5. The van der Waals surface area contributed by atoms with Crippen molar-refractivity contribution in [2.45, 2.75) is 24.7 Å². The van der Waals surface area contributed by atoms with Crippen LogP contribution in [-0.2, 0) is 4.79 Å². The molecule has 2 aromatic carbocycles. The van der Waals surface area contributed by atoms with E-state index >= 15 is 0 Å². The highest BCUT2D eigenvalue weighted by Crippen LogP contribution is 2.45. The first-order valence-corrected chi connectivity index (χ1v) is 11.4. The Bertz CT molecular complexity index is 1180. The maximum atomic E-state index is 13.2. The number of fused-ring (bicyclic) bond motifs is 3. The number of carbonyl (C=O) groups is 1. The zero-order chi connectivity index (χ0) is 22.8. The maximum absolute atomic E-state index is 13.2. The number of amides is 1. The fourth-order valence-corrected chi connectivity index (χ4v) is 4.13. The number of carbonyl (C=O) groups excluding carboxylic acids is 1. The van der Waals surface area contributed by atoms with Crippen LogP contribution in [0.5, 0.6) is 17.4 Å². The smallest absolute Gasteiger partial charge is 0.247 e. The number of thioether (sulfide) groups is 1. The summed E-state index contributed by atoms with van der Waals surface area (Å²) < 4.78 is 17.2. The van der Waals surface area contributed by atoms with Crippen molar-refractivity contribution in [3.05, 3.63) is 47.0 Å². The Labute approximate surface area is 194 Å². The normalized spacial score (nSPS) is 14.7. The highest BCUT2D eigenvalue weighted by molar-refractivity contribution is 7.98. The van der Waals surface area contributed by atoms with Crippen LogP contribution in [0.3, 0.4) is 0 Å². The standard InChI is InChI=1S/C22H21ClN4O4S/c1-5-17(28)27-15-9-7-6-8-13(15)18-20(24-22(32-4)26-25-18)31-21(27)12-10-14(23)19(30-3)16(11-12)29-2/h6-11,21H,5H2,1-4H3. The van der Waals surface area contributed by atoms with Gasteiger partial charge in [-0.25, -0.2) is 0 Å². The molecule has 0 saturated carbocycles. The van der Waals surface area contributed by atoms with Gasteiger partial charge in [0.25, 0.3) is 0 Å². The van der Waals surface area contributed by atoms with Crippen molar-refractivity contribution in [1.29, 1.82) is 0 Å². The lowest BCUT2D eigenvalue weighted by molar-refractivity contribution is -0.120. The monoisotopic (exact) mass is 472 g/mol. The van der Waals surface area contributed by atoms with Crippen molar-refractivity contribution in [3.63, 3.8) is 0 Å². The van der Waals surface area contributed by atoms with Crippen molar-refractivity contribution in [2.75, 3.05) is 25.4 Å². The molecule has 4 rings (SSSR count). The quantitative estimate of drug-likeness (QED) is 0.491. The average molecular weight is 473 g/mol. The number of benzene rings is 2. The number of hydrogen-bond donors (Lipinski definition) is 0. The fourth-order valence-electron chi connectivity index (χ4n) is 3.54. The molecular formula is C22H21ClN4O4S. The van der Waals surface area contributed by atoms with Crippen molar-refractivity contribution >= 4 is 35.0 Å². The molecule has 1 unspecified atom stereocenters. The second-order valence-corrected chi connectivity index (χ2v) is 7.98. The van der Waals surface area contributed by atoms with Crippen molar-refractivity contribution in [1.82, 2.24) is 15.2 Å². The molecule has 2 heterocycles. The van der Waals surface area contributed by atoms with Crippen LogP contribution in [0, 0.1) is 0 Å². The van der Waals surface area contributed by atoms with Gasteiger partial charge in [0.2, 0.25) is 23.2 Å². The van der Waals surface area contributed by atoms with Crippen LogP contribution in [0.2, 0.25) is 5.02 Å². The molecule has 32 heavy (non-hydrogen) atoms. The van der Waals surface area contributed by atoms with Crippen molar-refractivity contribution in [3.8, 4) is 28.6 Å². The Balaban J connectivity index is 1.99. The number of rotatable bonds is 5. The van der Waals surface area contributed by atoms with Gasteiger partial charge in [0.05, 0.1) is 24.9 Å². The Morgan fingerprint density at radius 1 is 1.22 bits per heavy atom. The van der Waals surface area contributed by atoms with Crippen LogP contribution >= 0.6 is 23.4 Å². The van der Waals surface area contributed by atoms with Gasteiger partial charge in [-0.05, 0) is 24.5 Å². The van der Waals surface area contributed by atoms with Crippen LogP contribution < -0.4 is 19.1 Å². The van der Waals surface area contributed by atoms with Gasteiger partial charge in [-0.1, -0.05) is 48.5 Å². The molecule has 0 N–H and O–H groups in total. The van der Waals surface area contributed by atoms with E-state index in [1.54, 1.807) is 24.0 Å². The van der Waals surface area contributed by atoms with Crippen LogP contribution in [-0.4, -0.2) is 41.6 Å². The van der Waals surface area contributed by atoms with E-state index in [4.69, 9.17) is 25.8 Å². The van der Waals surface area contributed by atoms with Crippen LogP contribution in [0.4, 0.5) is 5.69 Å². The van der Waals surface area contributed by atoms with Gasteiger partial charge in [0.1, 0.15) is 0 Å². The van der Waals surface area contributed by atoms with Crippen LogP contribution in [0.15, 0.2) is 41.6 Å². The molecule has 0 saturated heterocycles. The third-order valence-electron chi connectivity index (χ3n) is 5.01. The van der Waals surface area contributed by atoms with Gasteiger partial charge in [-0.3, -0.25) is 9.69 Å². The van der Waals surface area contributed by atoms with Gasteiger partial charge in [0.15, 0.2) is 17.2 Å². The molecule has 1 atom stereocenters. The van der Waals surface area contributed by atoms with Gasteiger partial charge in [-0.2, -0.15) is 4.98 Å². The number of nitrogens with zero attached hydrogens (tertiary/aromatic N) is 4. The number of methoxy groups -OCH3 is 2. The third-order valence-corrected chi connectivity index (χ3v) is 5.83. The number of anilines is 1. The Morgan fingerprint density at radius 3 is 2.69 bits per heavy atom. The average Bonchev–Trinajstić information content (AvgIpc) is 2.97. The van der Waals surface area contributed by atoms with E-state index in [0.717, 1.165) is 0 Å². The van der Waals surface area contributed by atoms with Crippen molar-refractivity contribution in [2.24, 2.45) is 0 Å². The second kappa shape index (κ2) is 9.22. The Kier molecular flexibility index (Phi) is 6.38. The molecule has 166 valence electrons. The topological polar surface area (TPSA) is 86.7 Å². The van der Waals surface area contributed by atoms with E-state index < -0.39 is 6.23 Å². The highest BCUT2D eigenvalue weighted by atomic mass is 35.5. The third kappa shape index (κ3) is 3.82. The fraction of sp³-hybridized carbons (Fsp3) is 0.273. The lowest BCUT2D eigenvalue weighted by Gasteiger charge is -2.31. The second-order valence-electron chi connectivity index (χ2n) is 6.80. The predicted molar refractivity (Wildman–Crippen MR) is 123 cm³/mol. The molecule has 0 bridgehead atoms. The number of hydrogen-bond acceptors (Lipinski definition) is 8. The summed E-state index contributed by atoms with van der Waals surface area (Å²) in [5.74, 6) is 0.957. The highest BCUT2D eigenvalue weighted by Gasteiger charge is 2.36. The minimum Gasteiger partial charge on any atom is -0.493 e. The molecule has 10 heteroatoms. The van der Waals surface area contributed by atoms with Gasteiger partial charge < -0.3 is 14.2 Å². The van der Waals surface area contributed by atoms with E-state index in [0.29, 0.717) is 44.2 Å². The Hall–Kier alpha value is -3.04. The first-order chi connectivity index (χ1) is 15.5. The summed E-state index contributed by atoms with van der Waals surface area (Å²) in [5.41, 5.74) is 2.40. The SMILES string of the molecule is CCC(=O)N1c2ccccc2-c2nnc(SC)nc2OC1c1cc(Cl)c(OC)c(OC)c1. The molecule has 1 aliphatic heterocycles. The first kappa shape index (κ1) is 22.2. The number of aromatic nitrogens is 3. The van der Waals surface area contributed by atoms with E-state index in [-0.39, 0.29) is 18.2 Å². The molecule has 3 aromatic rings. The molecule has 0 radical (unpaired) electrons. The summed E-state index contributed by atoms with van der Waals surface area (Å²) in [6.45, 7) is 1.80. The van der Waals surface area contributed by atoms with E-state index in [1.165, 1.54) is 26.0 Å². The zero-order valence-electron chi connectivity index (χ0n) is 18.0. The van der Waals surface area contributed by atoms with Gasteiger partial charge in [-0.15, -0.1) is 10.2 Å². The summed E-state index contributed by atoms with van der Waals surface area (Å²) in [4.78, 5) is 19.3. The van der Waals surface area contributed by atoms with E-state index in [2.05, 4.69) is 15.2 Å². The molecular weight excluding hydrogens is 452 g/mol. The summed E-state index contributed by atoms with van der Waals surface area (Å²) in [5, 5.41) is 9.30. The largest absolute Gasteiger partial charge is 0.493 e. The lowest BCUT2D eigenvalue weighted by atomic mass is 10.1. The molecule has 0 aliphatic carbocycles. The Morgan fingerprint density at radius 2 is 2.00 bits per heavy atom. The number of halogens is 1. The van der Waals surface area contributed by atoms with E-state index in [1.807, 2.05) is 30.5 Å². The molecule has 8 nitrogen and oxygen atoms in total. The number of ether oxygens (including phenoxy) is 3. The summed E-state index contributed by atoms with van der Waals surface area (Å²) in [6, 6.07) is 10.9. The summed E-state index contributed by atoms with van der Waals surface area (Å²) >= 11 is 7.83. The molecule has 1 aromatic heterocycles. The maximum Gasteiger partial charge on any atom is 0.247 e. The van der Waals surface area contributed by atoms with Crippen LogP contribution in [0.25, 0.3) is 11.3 Å². The lowest BCUT2D eigenvalue weighted by Crippen LogP contribution is -2.37. The predicted octanol–water partition coefficient (Wildman–Crippen LogP) is 4.77. The molecule has 0 spiro atoms. The minimum absolute atomic E-state index is 0.140. The van der Waals surface area contributed by atoms with Gasteiger partial charge >= 0.3 is 0 Å². The summed E-state index contributed by atoms with van der Waals surface area (Å²) in [7, 11) is 3.03. The summed E-state index contributed by atoms with van der Waals surface area (Å²) in [6.07, 6.45) is 1.25. The van der Waals surface area contributed by atoms with Crippen LogP contribution in [0.1, 0.15) is 25.1 Å².